The molecule has 1 N–H and O–H groups in total. The van der Waals surface area contributed by atoms with Crippen molar-refractivity contribution in [2.75, 3.05) is 5.75 Å². The van der Waals surface area contributed by atoms with Gasteiger partial charge in [0.1, 0.15) is 11.4 Å². The van der Waals surface area contributed by atoms with Gasteiger partial charge in [-0.1, -0.05) is 12.1 Å². The minimum atomic E-state index is -1.37. The Morgan fingerprint density at radius 2 is 2.04 bits per heavy atom. The summed E-state index contributed by atoms with van der Waals surface area (Å²) in [6, 6.07) is 8.59. The molecule has 4 rings (SSSR count). The highest BCUT2D eigenvalue weighted by molar-refractivity contribution is 8.00. The Morgan fingerprint density at radius 1 is 1.25 bits per heavy atom. The molecule has 9 heteroatoms. The van der Waals surface area contributed by atoms with Crippen molar-refractivity contribution >= 4 is 40.9 Å². The third-order valence-electron chi connectivity index (χ3n) is 4.62. The summed E-state index contributed by atoms with van der Waals surface area (Å²) in [4.78, 5) is 38.8. The third-order valence-corrected chi connectivity index (χ3v) is 6.84. The maximum atomic E-state index is 12.6. The fraction of sp³-hybridized carbons (Fsp3) is 0.263. The van der Waals surface area contributed by atoms with Gasteiger partial charge in [0.05, 0.1) is 18.1 Å². The minimum absolute atomic E-state index is 0.0751. The molecule has 2 aliphatic heterocycles. The molecular weight excluding hydrogens is 398 g/mol. The number of hydrogen-bond donors (Lipinski definition) is 1. The Hall–Kier alpha value is -2.65. The van der Waals surface area contributed by atoms with E-state index >= 15 is 0 Å². The van der Waals surface area contributed by atoms with Crippen LogP contribution in [0.1, 0.15) is 4.88 Å². The number of thiophene rings is 1. The average Bonchev–Trinajstić information content (AvgIpc) is 3.19. The number of hydrogen-bond acceptors (Lipinski definition) is 6. The predicted molar refractivity (Wildman–Crippen MR) is 102 cm³/mol. The Balaban J connectivity index is 1.49. The Bertz CT molecular complexity index is 943. The molecule has 0 aromatic carbocycles. The summed E-state index contributed by atoms with van der Waals surface area (Å²) in [5.41, 5.74) is 0.544. The Morgan fingerprint density at radius 3 is 2.71 bits per heavy atom. The van der Waals surface area contributed by atoms with E-state index in [0.717, 1.165) is 4.88 Å². The average molecular weight is 415 g/mol. The van der Waals surface area contributed by atoms with E-state index in [1.807, 2.05) is 52.7 Å². The van der Waals surface area contributed by atoms with Gasteiger partial charge < -0.3 is 15.2 Å². The number of aliphatic carboxylic acids is 1. The van der Waals surface area contributed by atoms with E-state index in [2.05, 4.69) is 5.32 Å². The number of carboxylic acid groups (broad SMARTS) is 1. The van der Waals surface area contributed by atoms with Crippen LogP contribution >= 0.6 is 23.1 Å². The molecule has 2 aromatic rings. The van der Waals surface area contributed by atoms with Gasteiger partial charge in [-0.3, -0.25) is 14.5 Å². The number of β-lactam (4-membered cyclic amide) rings is 1. The zero-order valence-electron chi connectivity index (χ0n) is 14.7. The third kappa shape index (κ3) is 3.55. The van der Waals surface area contributed by atoms with Crippen molar-refractivity contribution in [3.05, 3.63) is 64.3 Å². The van der Waals surface area contributed by atoms with Crippen LogP contribution < -0.4 is 15.0 Å². The molecule has 0 radical (unpaired) electrons. The highest BCUT2D eigenvalue weighted by Gasteiger charge is 2.53. The number of aromatic nitrogens is 1. The van der Waals surface area contributed by atoms with Crippen molar-refractivity contribution in [2.24, 2.45) is 0 Å². The molecule has 1 unspecified atom stereocenters. The minimum Gasteiger partial charge on any atom is -0.543 e. The summed E-state index contributed by atoms with van der Waals surface area (Å²) in [7, 11) is 0. The smallest absolute Gasteiger partial charge is 0.253 e. The van der Waals surface area contributed by atoms with E-state index in [-0.39, 0.29) is 18.0 Å². The SMILES string of the molecule is O=C(Cc1cccs1)NC1C(=O)N2C(C(=O)[O-])=C(C[n+]3ccccc3)CS[C@@H]12. The molecule has 2 atom stereocenters. The number of carbonyl (C=O) groups excluding carboxylic acids is 3. The standard InChI is InChI=1S/C19H17N3O4S2/c23-14(9-13-5-4-8-27-13)20-15-17(24)22-16(19(25)26)12(11-28-18(15)22)10-21-6-2-1-3-7-21/h1-8,15,18H,9-11H2,(H-,20,23,25,26)/t15?,18-/m0/s1. The van der Waals surface area contributed by atoms with Crippen LogP contribution in [0.4, 0.5) is 0 Å². The first kappa shape index (κ1) is 18.7. The van der Waals surface area contributed by atoms with E-state index in [0.29, 0.717) is 17.9 Å². The van der Waals surface area contributed by atoms with Crippen LogP contribution in [0.3, 0.4) is 0 Å². The van der Waals surface area contributed by atoms with Gasteiger partial charge in [0.2, 0.25) is 5.91 Å². The van der Waals surface area contributed by atoms with Gasteiger partial charge in [0.25, 0.3) is 5.91 Å². The van der Waals surface area contributed by atoms with Gasteiger partial charge in [0, 0.05) is 28.3 Å². The molecule has 144 valence electrons. The van der Waals surface area contributed by atoms with Gasteiger partial charge in [-0.25, -0.2) is 4.57 Å². The molecule has 0 saturated carbocycles. The van der Waals surface area contributed by atoms with Gasteiger partial charge in [-0.2, -0.15) is 0 Å². The molecule has 4 heterocycles. The fourth-order valence-corrected chi connectivity index (χ4v) is 5.39. The quantitative estimate of drug-likeness (QED) is 0.516. The molecule has 1 saturated heterocycles. The topological polar surface area (TPSA) is 93.4 Å². The molecule has 0 spiro atoms. The van der Waals surface area contributed by atoms with Crippen molar-refractivity contribution in [2.45, 2.75) is 24.4 Å². The zero-order chi connectivity index (χ0) is 19.7. The van der Waals surface area contributed by atoms with Gasteiger partial charge in [-0.05, 0) is 11.4 Å². The van der Waals surface area contributed by atoms with Crippen molar-refractivity contribution in [3.8, 4) is 0 Å². The second kappa shape index (κ2) is 7.76. The first-order valence-corrected chi connectivity index (χ1v) is 10.6. The van der Waals surface area contributed by atoms with Crippen LogP contribution in [0, 0.1) is 0 Å². The predicted octanol–water partition coefficient (Wildman–Crippen LogP) is -0.318. The summed E-state index contributed by atoms with van der Waals surface area (Å²) >= 11 is 2.93. The Kier molecular flexibility index (Phi) is 5.19. The van der Waals surface area contributed by atoms with Crippen LogP contribution in [0.25, 0.3) is 0 Å². The van der Waals surface area contributed by atoms with Gasteiger partial charge in [0.15, 0.2) is 18.9 Å². The maximum absolute atomic E-state index is 12.6. The summed E-state index contributed by atoms with van der Waals surface area (Å²) in [5.74, 6) is -1.57. The first-order chi connectivity index (χ1) is 13.5. The lowest BCUT2D eigenvalue weighted by Gasteiger charge is -2.50. The lowest BCUT2D eigenvalue weighted by Crippen LogP contribution is -2.71. The van der Waals surface area contributed by atoms with Crippen molar-refractivity contribution in [1.82, 2.24) is 10.2 Å². The lowest BCUT2D eigenvalue weighted by atomic mass is 10.0. The highest BCUT2D eigenvalue weighted by Crippen LogP contribution is 2.40. The molecule has 28 heavy (non-hydrogen) atoms. The number of pyridine rings is 1. The molecule has 2 aliphatic rings. The van der Waals surface area contributed by atoms with Crippen LogP contribution in [0.5, 0.6) is 0 Å². The normalized spacial score (nSPS) is 21.1. The van der Waals surface area contributed by atoms with Crippen molar-refractivity contribution in [3.63, 3.8) is 0 Å². The van der Waals surface area contributed by atoms with Crippen LogP contribution in [0.2, 0.25) is 0 Å². The van der Waals surface area contributed by atoms with Crippen molar-refractivity contribution in [1.29, 1.82) is 0 Å². The van der Waals surface area contributed by atoms with E-state index in [9.17, 15) is 19.5 Å². The number of thioether (sulfide) groups is 1. The number of nitrogens with one attached hydrogen (secondary N) is 1. The van der Waals surface area contributed by atoms with Crippen molar-refractivity contribution < 1.29 is 24.1 Å². The van der Waals surface area contributed by atoms with E-state index in [1.54, 1.807) is 0 Å². The monoisotopic (exact) mass is 415 g/mol. The van der Waals surface area contributed by atoms with Crippen LogP contribution in [-0.4, -0.2) is 39.9 Å². The summed E-state index contributed by atoms with van der Waals surface area (Å²) in [6.07, 6.45) is 3.88. The number of carbonyl (C=O) groups is 3. The number of nitrogens with zero attached hydrogens (tertiary/aromatic N) is 2. The van der Waals surface area contributed by atoms with Gasteiger partial charge >= 0.3 is 0 Å². The molecule has 0 bridgehead atoms. The number of carboxylic acids is 1. The molecule has 0 aliphatic carbocycles. The Labute approximate surface area is 169 Å². The molecule has 7 nitrogen and oxygen atoms in total. The van der Waals surface area contributed by atoms with Gasteiger partial charge in [-0.15, -0.1) is 23.1 Å². The molecule has 1 fully saturated rings. The molecule has 2 aromatic heterocycles. The largest absolute Gasteiger partial charge is 0.543 e. The number of rotatable bonds is 6. The summed E-state index contributed by atoms with van der Waals surface area (Å²) in [5, 5.41) is 16.0. The van der Waals surface area contributed by atoms with E-state index < -0.39 is 23.3 Å². The highest BCUT2D eigenvalue weighted by atomic mass is 32.2. The van der Waals surface area contributed by atoms with E-state index in [4.69, 9.17) is 0 Å². The van der Waals surface area contributed by atoms with E-state index in [1.165, 1.54) is 28.0 Å². The molecular formula is C19H17N3O4S2. The number of fused-ring (bicyclic) bond motifs is 1. The maximum Gasteiger partial charge on any atom is 0.253 e. The summed E-state index contributed by atoms with van der Waals surface area (Å²) < 4.78 is 1.85. The number of amides is 2. The fourth-order valence-electron chi connectivity index (χ4n) is 3.35. The van der Waals surface area contributed by atoms with Crippen LogP contribution in [0.15, 0.2) is 59.4 Å². The van der Waals surface area contributed by atoms with Crippen LogP contribution in [-0.2, 0) is 27.3 Å². The molecule has 2 amide bonds. The zero-order valence-corrected chi connectivity index (χ0v) is 16.4. The summed E-state index contributed by atoms with van der Waals surface area (Å²) in [6.45, 7) is 0.364. The second-order valence-electron chi connectivity index (χ2n) is 6.50. The first-order valence-electron chi connectivity index (χ1n) is 8.68. The lowest BCUT2D eigenvalue weighted by molar-refractivity contribution is -0.689. The second-order valence-corrected chi connectivity index (χ2v) is 8.64.